The van der Waals surface area contributed by atoms with Crippen LogP contribution >= 0.6 is 0 Å². The Morgan fingerprint density at radius 1 is 1.44 bits per heavy atom. The quantitative estimate of drug-likeness (QED) is 0.527. The third kappa shape index (κ3) is 3.99. The summed E-state index contributed by atoms with van der Waals surface area (Å²) in [6.45, 7) is 4.46. The third-order valence-electron chi connectivity index (χ3n) is 3.24. The van der Waals surface area contributed by atoms with E-state index in [1.807, 2.05) is 12.1 Å². The highest BCUT2D eigenvalue weighted by atomic mass is 16.3. The molecule has 0 fully saturated rings. The maximum absolute atomic E-state index is 5.65. The second kappa shape index (κ2) is 7.47. The molecule has 1 aromatic heterocycles. The Labute approximate surface area is 98.4 Å². The maximum Gasteiger partial charge on any atom is 0.105 e. The molecule has 0 aromatic carbocycles. The van der Waals surface area contributed by atoms with Crippen molar-refractivity contribution in [3.05, 3.63) is 24.2 Å². The number of nitrogens with one attached hydrogen (secondary N) is 1. The van der Waals surface area contributed by atoms with Crippen LogP contribution in [-0.4, -0.2) is 6.04 Å². The predicted octanol–water partition coefficient (Wildman–Crippen LogP) is 2.87. The molecule has 2 unspecified atom stereocenters. The van der Waals surface area contributed by atoms with Gasteiger partial charge in [0.05, 0.1) is 6.26 Å². The Kier molecular flexibility index (Phi) is 6.19. The van der Waals surface area contributed by atoms with Gasteiger partial charge in [0, 0.05) is 12.5 Å². The molecule has 2 atom stereocenters. The molecule has 3 N–H and O–H groups in total. The van der Waals surface area contributed by atoms with E-state index in [4.69, 9.17) is 10.3 Å². The van der Waals surface area contributed by atoms with E-state index in [0.29, 0.717) is 12.0 Å². The average Bonchev–Trinajstić information content (AvgIpc) is 2.81. The smallest absolute Gasteiger partial charge is 0.105 e. The van der Waals surface area contributed by atoms with Crippen LogP contribution in [0.3, 0.4) is 0 Å². The Balaban J connectivity index is 2.49. The summed E-state index contributed by atoms with van der Waals surface area (Å²) in [5.41, 5.74) is 2.94. The normalized spacial score (nSPS) is 14.9. The minimum atomic E-state index is 0.322. The van der Waals surface area contributed by atoms with E-state index in [2.05, 4.69) is 19.3 Å². The van der Waals surface area contributed by atoms with Gasteiger partial charge in [0.1, 0.15) is 5.76 Å². The second-order valence-corrected chi connectivity index (χ2v) is 4.37. The van der Waals surface area contributed by atoms with Crippen LogP contribution in [0.15, 0.2) is 22.8 Å². The van der Waals surface area contributed by atoms with E-state index in [1.54, 1.807) is 6.26 Å². The van der Waals surface area contributed by atoms with Gasteiger partial charge in [-0.2, -0.15) is 0 Å². The summed E-state index contributed by atoms with van der Waals surface area (Å²) in [5, 5.41) is 0. The molecule has 92 valence electrons. The monoisotopic (exact) mass is 224 g/mol. The lowest BCUT2D eigenvalue weighted by atomic mass is 9.89. The fraction of sp³-hybridized carbons (Fsp3) is 0.692. The lowest BCUT2D eigenvalue weighted by Crippen LogP contribution is -2.42. The minimum absolute atomic E-state index is 0.322. The van der Waals surface area contributed by atoms with E-state index < -0.39 is 0 Å². The van der Waals surface area contributed by atoms with Crippen molar-refractivity contribution in [3.8, 4) is 0 Å². The molecular weight excluding hydrogens is 200 g/mol. The Hall–Kier alpha value is -0.800. The first kappa shape index (κ1) is 13.3. The van der Waals surface area contributed by atoms with Crippen LogP contribution in [0.5, 0.6) is 0 Å². The lowest BCUT2D eigenvalue weighted by molar-refractivity contribution is 0.304. The zero-order valence-corrected chi connectivity index (χ0v) is 10.4. The molecule has 3 nitrogen and oxygen atoms in total. The van der Waals surface area contributed by atoms with Crippen molar-refractivity contribution in [1.29, 1.82) is 0 Å². The summed E-state index contributed by atoms with van der Waals surface area (Å²) < 4.78 is 5.37. The van der Waals surface area contributed by atoms with E-state index >= 15 is 0 Å². The number of hydrogen-bond donors (Lipinski definition) is 2. The number of hydrazine groups is 1. The van der Waals surface area contributed by atoms with Gasteiger partial charge in [-0.3, -0.25) is 11.3 Å². The van der Waals surface area contributed by atoms with Crippen LogP contribution in [0.2, 0.25) is 0 Å². The van der Waals surface area contributed by atoms with Crippen LogP contribution in [0.25, 0.3) is 0 Å². The van der Waals surface area contributed by atoms with Crippen molar-refractivity contribution in [1.82, 2.24) is 5.43 Å². The Morgan fingerprint density at radius 2 is 2.25 bits per heavy atom. The number of rotatable bonds is 8. The lowest BCUT2D eigenvalue weighted by Gasteiger charge is -2.24. The zero-order chi connectivity index (χ0) is 11.8. The summed E-state index contributed by atoms with van der Waals surface area (Å²) >= 11 is 0. The summed E-state index contributed by atoms with van der Waals surface area (Å²) in [4.78, 5) is 0. The Bertz CT molecular complexity index is 259. The van der Waals surface area contributed by atoms with Gasteiger partial charge in [0.15, 0.2) is 0 Å². The van der Waals surface area contributed by atoms with E-state index in [9.17, 15) is 0 Å². The molecule has 0 spiro atoms. The van der Waals surface area contributed by atoms with Crippen molar-refractivity contribution in [2.24, 2.45) is 11.8 Å². The first-order valence-electron chi connectivity index (χ1n) is 6.30. The van der Waals surface area contributed by atoms with Crippen molar-refractivity contribution in [2.45, 2.75) is 52.0 Å². The van der Waals surface area contributed by atoms with Crippen molar-refractivity contribution in [2.75, 3.05) is 0 Å². The molecule has 0 radical (unpaired) electrons. The van der Waals surface area contributed by atoms with Crippen molar-refractivity contribution < 1.29 is 4.42 Å². The van der Waals surface area contributed by atoms with Gasteiger partial charge in [-0.25, -0.2) is 0 Å². The van der Waals surface area contributed by atoms with Crippen LogP contribution in [0.4, 0.5) is 0 Å². The molecular formula is C13H24N2O. The summed E-state index contributed by atoms with van der Waals surface area (Å²) in [5.74, 6) is 7.29. The molecule has 1 aromatic rings. The minimum Gasteiger partial charge on any atom is -0.469 e. The molecule has 0 amide bonds. The Morgan fingerprint density at radius 3 is 2.75 bits per heavy atom. The molecule has 0 bridgehead atoms. The molecule has 16 heavy (non-hydrogen) atoms. The van der Waals surface area contributed by atoms with Gasteiger partial charge in [-0.05, 0) is 24.5 Å². The summed E-state index contributed by atoms with van der Waals surface area (Å²) in [7, 11) is 0. The van der Waals surface area contributed by atoms with Crippen LogP contribution in [0, 0.1) is 5.92 Å². The van der Waals surface area contributed by atoms with Gasteiger partial charge < -0.3 is 4.42 Å². The second-order valence-electron chi connectivity index (χ2n) is 4.37. The van der Waals surface area contributed by atoms with Gasteiger partial charge >= 0.3 is 0 Å². The fourth-order valence-electron chi connectivity index (χ4n) is 2.16. The number of nitrogens with two attached hydrogens (primary N) is 1. The number of furan rings is 1. The van der Waals surface area contributed by atoms with Gasteiger partial charge in [-0.15, -0.1) is 0 Å². The number of unbranched alkanes of at least 4 members (excludes halogenated alkanes) is 1. The van der Waals surface area contributed by atoms with Crippen molar-refractivity contribution in [3.63, 3.8) is 0 Å². The molecule has 0 saturated carbocycles. The highest BCUT2D eigenvalue weighted by molar-refractivity contribution is 5.01. The summed E-state index contributed by atoms with van der Waals surface area (Å²) in [6, 6.07) is 4.26. The zero-order valence-electron chi connectivity index (χ0n) is 10.4. The van der Waals surface area contributed by atoms with Crippen molar-refractivity contribution >= 4 is 0 Å². The first-order chi connectivity index (χ1) is 7.81. The van der Waals surface area contributed by atoms with Crippen LogP contribution in [-0.2, 0) is 6.42 Å². The van der Waals surface area contributed by atoms with Gasteiger partial charge in [0.25, 0.3) is 0 Å². The SMILES string of the molecule is CCCCC(CC)C(Cc1ccco1)NN. The molecule has 0 aliphatic rings. The highest BCUT2D eigenvalue weighted by Gasteiger charge is 2.19. The average molecular weight is 224 g/mol. The molecule has 0 saturated heterocycles. The van der Waals surface area contributed by atoms with Gasteiger partial charge in [0.2, 0.25) is 0 Å². The predicted molar refractivity (Wildman–Crippen MR) is 66.8 cm³/mol. The van der Waals surface area contributed by atoms with Crippen LogP contribution < -0.4 is 11.3 Å². The maximum atomic E-state index is 5.65. The third-order valence-corrected chi connectivity index (χ3v) is 3.24. The topological polar surface area (TPSA) is 51.2 Å². The molecule has 1 rings (SSSR count). The van der Waals surface area contributed by atoms with Gasteiger partial charge in [-0.1, -0.05) is 33.1 Å². The van der Waals surface area contributed by atoms with E-state index in [-0.39, 0.29) is 0 Å². The van der Waals surface area contributed by atoms with Crippen LogP contribution in [0.1, 0.15) is 45.3 Å². The molecule has 0 aliphatic carbocycles. The van der Waals surface area contributed by atoms with E-state index in [0.717, 1.165) is 18.6 Å². The first-order valence-corrected chi connectivity index (χ1v) is 6.30. The number of hydrogen-bond acceptors (Lipinski definition) is 3. The molecule has 0 aliphatic heterocycles. The summed E-state index contributed by atoms with van der Waals surface area (Å²) in [6.07, 6.45) is 7.52. The van der Waals surface area contributed by atoms with E-state index in [1.165, 1.54) is 19.3 Å². The standard InChI is InChI=1S/C13H24N2O/c1-3-5-7-11(4-2)13(15-14)10-12-8-6-9-16-12/h6,8-9,11,13,15H,3-5,7,10,14H2,1-2H3. The molecule has 1 heterocycles. The highest BCUT2D eigenvalue weighted by Crippen LogP contribution is 2.19. The fourth-order valence-corrected chi connectivity index (χ4v) is 2.16. The largest absolute Gasteiger partial charge is 0.469 e. The molecule has 3 heteroatoms.